The summed E-state index contributed by atoms with van der Waals surface area (Å²) in [5.41, 5.74) is 1.73. The summed E-state index contributed by atoms with van der Waals surface area (Å²) in [7, 11) is 0. The lowest BCUT2D eigenvalue weighted by Gasteiger charge is -2.16. The Balaban J connectivity index is 2.51. The Morgan fingerprint density at radius 1 is 1.31 bits per heavy atom. The fourth-order valence-corrected chi connectivity index (χ4v) is 1.17. The van der Waals surface area contributed by atoms with E-state index in [-0.39, 0.29) is 0 Å². The van der Waals surface area contributed by atoms with Crippen LogP contribution >= 0.6 is 0 Å². The lowest BCUT2D eigenvalue weighted by Crippen LogP contribution is -2.19. The molecule has 0 aromatic heterocycles. The molecule has 0 bridgehead atoms. The highest BCUT2D eigenvalue weighted by molar-refractivity contribution is 5.21. The monoisotopic (exact) mass is 177 g/mol. The van der Waals surface area contributed by atoms with E-state index < -0.39 is 5.60 Å². The largest absolute Gasteiger partial charge is 0.390 e. The van der Waals surface area contributed by atoms with Gasteiger partial charge >= 0.3 is 0 Å². The highest BCUT2D eigenvalue weighted by Crippen LogP contribution is 2.12. The third kappa shape index (κ3) is 4.09. The van der Waals surface area contributed by atoms with Gasteiger partial charge in [0.1, 0.15) is 0 Å². The molecule has 71 valence electrons. The van der Waals surface area contributed by atoms with E-state index in [1.807, 2.05) is 0 Å². The van der Waals surface area contributed by atoms with E-state index >= 15 is 0 Å². The third-order valence-electron chi connectivity index (χ3n) is 2.07. The molecule has 0 aliphatic rings. The summed E-state index contributed by atoms with van der Waals surface area (Å²) in [6.07, 6.45) is 1.59. The molecule has 1 rings (SSSR count). The first kappa shape index (κ1) is 10.3. The van der Waals surface area contributed by atoms with Gasteiger partial charge in [-0.2, -0.15) is 0 Å². The molecule has 1 radical (unpaired) electrons. The molecule has 0 amide bonds. The van der Waals surface area contributed by atoms with Crippen LogP contribution in [0.1, 0.15) is 24.5 Å². The smallest absolute Gasteiger partial charge is 0.0624 e. The topological polar surface area (TPSA) is 20.2 Å². The van der Waals surface area contributed by atoms with Crippen molar-refractivity contribution in [1.29, 1.82) is 0 Å². The zero-order chi connectivity index (χ0) is 9.90. The Kier molecular flexibility index (Phi) is 3.10. The number of hydrogen-bond donors (Lipinski definition) is 1. The molecule has 1 heteroatoms. The summed E-state index contributed by atoms with van der Waals surface area (Å²) in [6, 6.07) is 8.38. The molecule has 1 N–H and O–H groups in total. The Morgan fingerprint density at radius 2 is 1.85 bits per heavy atom. The summed E-state index contributed by atoms with van der Waals surface area (Å²) >= 11 is 0. The van der Waals surface area contributed by atoms with Crippen LogP contribution < -0.4 is 0 Å². The van der Waals surface area contributed by atoms with Crippen LogP contribution in [0.3, 0.4) is 0 Å². The van der Waals surface area contributed by atoms with Crippen molar-refractivity contribution in [3.8, 4) is 0 Å². The van der Waals surface area contributed by atoms with Crippen molar-refractivity contribution in [3.05, 3.63) is 42.3 Å². The van der Waals surface area contributed by atoms with Crippen LogP contribution in [0.15, 0.2) is 24.3 Å². The van der Waals surface area contributed by atoms with Crippen LogP contribution in [-0.4, -0.2) is 10.7 Å². The normalized spacial score (nSPS) is 11.7. The Bertz CT molecular complexity index is 253. The molecule has 1 aromatic carbocycles. The van der Waals surface area contributed by atoms with Crippen molar-refractivity contribution in [2.24, 2.45) is 0 Å². The van der Waals surface area contributed by atoms with Gasteiger partial charge in [-0.25, -0.2) is 0 Å². The fraction of sp³-hybridized carbons (Fsp3) is 0.417. The van der Waals surface area contributed by atoms with Gasteiger partial charge in [0.2, 0.25) is 0 Å². The van der Waals surface area contributed by atoms with Gasteiger partial charge in [-0.05, 0) is 39.2 Å². The zero-order valence-corrected chi connectivity index (χ0v) is 8.38. The van der Waals surface area contributed by atoms with E-state index in [4.69, 9.17) is 0 Å². The van der Waals surface area contributed by atoms with Gasteiger partial charge in [-0.3, -0.25) is 0 Å². The molecule has 13 heavy (non-hydrogen) atoms. The van der Waals surface area contributed by atoms with E-state index in [1.54, 1.807) is 6.92 Å². The van der Waals surface area contributed by atoms with E-state index in [2.05, 4.69) is 38.1 Å². The number of hydrogen-bond acceptors (Lipinski definition) is 1. The van der Waals surface area contributed by atoms with Crippen molar-refractivity contribution in [2.75, 3.05) is 0 Å². The Morgan fingerprint density at radius 3 is 2.31 bits per heavy atom. The summed E-state index contributed by atoms with van der Waals surface area (Å²) in [5, 5.41) is 9.42. The highest BCUT2D eigenvalue weighted by atomic mass is 16.3. The van der Waals surface area contributed by atoms with Crippen LogP contribution in [-0.2, 0) is 6.42 Å². The summed E-state index contributed by atoms with van der Waals surface area (Å²) in [4.78, 5) is 0. The van der Waals surface area contributed by atoms with Gasteiger partial charge < -0.3 is 5.11 Å². The van der Waals surface area contributed by atoms with Crippen LogP contribution in [0, 0.1) is 13.8 Å². The third-order valence-corrected chi connectivity index (χ3v) is 2.07. The first-order chi connectivity index (χ1) is 5.97. The minimum atomic E-state index is -0.801. The second kappa shape index (κ2) is 3.93. The van der Waals surface area contributed by atoms with Gasteiger partial charge in [0.25, 0.3) is 0 Å². The summed E-state index contributed by atoms with van der Waals surface area (Å²) in [5.74, 6) is 0. The van der Waals surface area contributed by atoms with Crippen LogP contribution in [0.2, 0.25) is 0 Å². The Labute approximate surface area is 80.4 Å². The maximum Gasteiger partial charge on any atom is 0.0624 e. The van der Waals surface area contributed by atoms with E-state index in [0.29, 0.717) is 6.42 Å². The van der Waals surface area contributed by atoms with Crippen molar-refractivity contribution < 1.29 is 5.11 Å². The first-order valence-electron chi connectivity index (χ1n) is 4.61. The first-order valence-corrected chi connectivity index (χ1v) is 4.61. The quantitative estimate of drug-likeness (QED) is 0.752. The second-order valence-electron chi connectivity index (χ2n) is 3.98. The molecular weight excluding hydrogens is 160 g/mol. The number of aliphatic hydroxyl groups is 1. The molecule has 0 saturated carbocycles. The lowest BCUT2D eigenvalue weighted by atomic mass is 9.98. The van der Waals surface area contributed by atoms with E-state index in [0.717, 1.165) is 6.42 Å². The molecule has 0 aliphatic carbocycles. The van der Waals surface area contributed by atoms with Gasteiger partial charge in [-0.1, -0.05) is 29.8 Å². The van der Waals surface area contributed by atoms with Crippen molar-refractivity contribution >= 4 is 0 Å². The molecule has 0 saturated heterocycles. The molecule has 0 fully saturated rings. The average Bonchev–Trinajstić information content (AvgIpc) is 2.02. The second-order valence-corrected chi connectivity index (χ2v) is 3.98. The van der Waals surface area contributed by atoms with Crippen LogP contribution in [0.25, 0.3) is 0 Å². The minimum absolute atomic E-state index is 0.704. The number of rotatable bonds is 3. The van der Waals surface area contributed by atoms with E-state index in [9.17, 15) is 5.11 Å². The molecule has 0 aliphatic heterocycles. The average molecular weight is 177 g/mol. The van der Waals surface area contributed by atoms with Gasteiger partial charge in [0.15, 0.2) is 0 Å². The predicted molar refractivity (Wildman–Crippen MR) is 55.5 cm³/mol. The molecule has 1 nitrogen and oxygen atoms in total. The molecule has 1 unspecified atom stereocenters. The summed E-state index contributed by atoms with van der Waals surface area (Å²) in [6.45, 7) is 7.47. The van der Waals surface area contributed by atoms with Crippen LogP contribution in [0.4, 0.5) is 0 Å². The fourth-order valence-electron chi connectivity index (χ4n) is 1.17. The van der Waals surface area contributed by atoms with Crippen molar-refractivity contribution in [2.45, 2.75) is 32.3 Å². The molecule has 1 atom stereocenters. The zero-order valence-electron chi connectivity index (χ0n) is 8.38. The SMILES string of the molecule is [CH2]C(C)(O)CCc1ccc(C)cc1. The predicted octanol–water partition coefficient (Wildman–Crippen LogP) is 2.51. The minimum Gasteiger partial charge on any atom is -0.390 e. The maximum absolute atomic E-state index is 9.42. The van der Waals surface area contributed by atoms with Crippen molar-refractivity contribution in [3.63, 3.8) is 0 Å². The standard InChI is InChI=1S/C12H17O/c1-10-4-6-11(7-5-10)8-9-12(2,3)13/h4-7,13H,2,8-9H2,1,3H3. The lowest BCUT2D eigenvalue weighted by molar-refractivity contribution is 0.0992. The number of aryl methyl sites for hydroxylation is 2. The van der Waals surface area contributed by atoms with Gasteiger partial charge in [-0.15, -0.1) is 0 Å². The molecule has 0 heterocycles. The number of benzene rings is 1. The molecule has 1 aromatic rings. The highest BCUT2D eigenvalue weighted by Gasteiger charge is 2.11. The summed E-state index contributed by atoms with van der Waals surface area (Å²) < 4.78 is 0. The van der Waals surface area contributed by atoms with Crippen LogP contribution in [0.5, 0.6) is 0 Å². The molecular formula is C12H17O. The van der Waals surface area contributed by atoms with E-state index in [1.165, 1.54) is 11.1 Å². The van der Waals surface area contributed by atoms with Gasteiger partial charge in [0, 0.05) is 0 Å². The van der Waals surface area contributed by atoms with Crippen molar-refractivity contribution in [1.82, 2.24) is 0 Å². The molecule has 0 spiro atoms. The van der Waals surface area contributed by atoms with Gasteiger partial charge in [0.05, 0.1) is 5.60 Å². The maximum atomic E-state index is 9.42. The Hall–Kier alpha value is -0.820.